The van der Waals surface area contributed by atoms with Crippen LogP contribution < -0.4 is 22.1 Å². The highest BCUT2D eigenvalue weighted by molar-refractivity contribution is 5.84. The van der Waals surface area contributed by atoms with Crippen LogP contribution in [0.25, 0.3) is 11.2 Å². The maximum atomic E-state index is 13.6. The number of nitrogen functional groups attached to an aromatic ring is 1. The number of hydrogen-bond donors (Lipinski definition) is 4. The fraction of sp³-hybridized carbons (Fsp3) is 0.450. The summed E-state index contributed by atoms with van der Waals surface area (Å²) in [5.74, 6) is 0.834. The largest absolute Gasteiger partial charge is 0.398 e. The van der Waals surface area contributed by atoms with Crippen LogP contribution >= 0.6 is 0 Å². The predicted molar refractivity (Wildman–Crippen MR) is 113 cm³/mol. The lowest BCUT2D eigenvalue weighted by Crippen LogP contribution is -2.33. The van der Waals surface area contributed by atoms with Gasteiger partial charge >= 0.3 is 0 Å². The highest BCUT2D eigenvalue weighted by atomic mass is 19.1. The molecule has 154 valence electrons. The highest BCUT2D eigenvalue weighted by Gasteiger charge is 2.20. The minimum Gasteiger partial charge on any atom is -0.398 e. The summed E-state index contributed by atoms with van der Waals surface area (Å²) < 4.78 is 15.6. The van der Waals surface area contributed by atoms with E-state index in [9.17, 15) is 4.39 Å². The number of aromatic nitrogens is 4. The fourth-order valence-corrected chi connectivity index (χ4v) is 3.72. The lowest BCUT2D eigenvalue weighted by Gasteiger charge is -2.26. The number of nitrogens with zero attached hydrogens (tertiary/aromatic N) is 4. The van der Waals surface area contributed by atoms with Crippen molar-refractivity contribution in [3.8, 4) is 0 Å². The Morgan fingerprint density at radius 1 is 1.21 bits per heavy atom. The van der Waals surface area contributed by atoms with E-state index >= 15 is 0 Å². The second kappa shape index (κ2) is 8.20. The number of nitrogens with one attached hydrogen (secondary N) is 2. The van der Waals surface area contributed by atoms with E-state index in [-0.39, 0.29) is 11.9 Å². The van der Waals surface area contributed by atoms with Gasteiger partial charge in [-0.1, -0.05) is 0 Å². The number of nitrogens with two attached hydrogens (primary N) is 2. The normalized spacial score (nSPS) is 19.4. The van der Waals surface area contributed by atoms with Gasteiger partial charge in [0.15, 0.2) is 17.0 Å². The first kappa shape index (κ1) is 19.4. The molecule has 0 spiro atoms. The van der Waals surface area contributed by atoms with Gasteiger partial charge in [-0.05, 0) is 56.4 Å². The quantitative estimate of drug-likeness (QED) is 0.471. The monoisotopic (exact) mass is 398 g/mol. The summed E-state index contributed by atoms with van der Waals surface area (Å²) in [6.45, 7) is 3.13. The molecule has 0 unspecified atom stereocenters. The number of halogens is 1. The zero-order chi connectivity index (χ0) is 20.4. The SMILES string of the molecule is CCn1cnc2c(NCc3cc(F)ccc3N)nc(NC3CCC(N)CC3)nc21. The van der Waals surface area contributed by atoms with Crippen LogP contribution in [0.3, 0.4) is 0 Å². The van der Waals surface area contributed by atoms with Crippen molar-refractivity contribution in [3.05, 3.63) is 35.9 Å². The maximum Gasteiger partial charge on any atom is 0.227 e. The minimum absolute atomic E-state index is 0.284. The first-order valence-electron chi connectivity index (χ1n) is 10.1. The predicted octanol–water partition coefficient (Wildman–Crippen LogP) is 2.86. The topological polar surface area (TPSA) is 120 Å². The average Bonchev–Trinajstić information content (AvgIpc) is 3.13. The van der Waals surface area contributed by atoms with E-state index in [0.29, 0.717) is 41.1 Å². The third-order valence-electron chi connectivity index (χ3n) is 5.46. The number of aryl methyl sites for hydroxylation is 1. The zero-order valence-electron chi connectivity index (χ0n) is 16.5. The van der Waals surface area contributed by atoms with Gasteiger partial charge in [0, 0.05) is 30.9 Å². The molecule has 6 N–H and O–H groups in total. The fourth-order valence-electron chi connectivity index (χ4n) is 3.72. The van der Waals surface area contributed by atoms with Crippen LogP contribution in [0.15, 0.2) is 24.5 Å². The van der Waals surface area contributed by atoms with Crippen molar-refractivity contribution in [2.45, 2.75) is 57.8 Å². The smallest absolute Gasteiger partial charge is 0.227 e. The van der Waals surface area contributed by atoms with Gasteiger partial charge in [-0.3, -0.25) is 0 Å². The van der Waals surface area contributed by atoms with Crippen LogP contribution in [0.2, 0.25) is 0 Å². The summed E-state index contributed by atoms with van der Waals surface area (Å²) in [5, 5.41) is 6.71. The van der Waals surface area contributed by atoms with Crippen LogP contribution in [0.4, 0.5) is 21.8 Å². The molecule has 0 bridgehead atoms. The van der Waals surface area contributed by atoms with Crippen molar-refractivity contribution in [1.82, 2.24) is 19.5 Å². The minimum atomic E-state index is -0.322. The summed E-state index contributed by atoms with van der Waals surface area (Å²) in [7, 11) is 0. The molecule has 1 fully saturated rings. The number of rotatable bonds is 6. The first-order chi connectivity index (χ1) is 14.0. The molecule has 1 aliphatic carbocycles. The van der Waals surface area contributed by atoms with Crippen molar-refractivity contribution in [3.63, 3.8) is 0 Å². The van der Waals surface area contributed by atoms with Crippen molar-refractivity contribution in [1.29, 1.82) is 0 Å². The van der Waals surface area contributed by atoms with Gasteiger partial charge < -0.3 is 26.7 Å². The molecule has 1 saturated carbocycles. The first-order valence-corrected chi connectivity index (χ1v) is 10.1. The van der Waals surface area contributed by atoms with E-state index in [1.54, 1.807) is 12.4 Å². The summed E-state index contributed by atoms with van der Waals surface area (Å²) in [6.07, 6.45) is 5.74. The third kappa shape index (κ3) is 4.24. The zero-order valence-corrected chi connectivity index (χ0v) is 16.5. The van der Waals surface area contributed by atoms with Gasteiger partial charge in [-0.25, -0.2) is 9.37 Å². The molecule has 0 amide bonds. The van der Waals surface area contributed by atoms with Crippen LogP contribution in [0, 0.1) is 5.82 Å². The molecule has 0 saturated heterocycles. The molecule has 2 aromatic heterocycles. The summed E-state index contributed by atoms with van der Waals surface area (Å²) in [5.41, 5.74) is 14.6. The second-order valence-corrected chi connectivity index (χ2v) is 7.55. The molecule has 9 heteroatoms. The van der Waals surface area contributed by atoms with Crippen molar-refractivity contribution in [2.24, 2.45) is 5.73 Å². The van der Waals surface area contributed by atoms with Crippen LogP contribution in [0.5, 0.6) is 0 Å². The molecule has 1 aliphatic rings. The van der Waals surface area contributed by atoms with E-state index in [2.05, 4.69) is 25.6 Å². The van der Waals surface area contributed by atoms with Crippen LogP contribution in [-0.2, 0) is 13.1 Å². The Morgan fingerprint density at radius 2 is 2.00 bits per heavy atom. The number of imidazole rings is 1. The Kier molecular flexibility index (Phi) is 5.48. The molecular weight excluding hydrogens is 371 g/mol. The summed E-state index contributed by atoms with van der Waals surface area (Å²) in [6, 6.07) is 4.93. The second-order valence-electron chi connectivity index (χ2n) is 7.55. The van der Waals surface area contributed by atoms with Gasteiger partial charge in [0.2, 0.25) is 5.95 Å². The molecule has 29 heavy (non-hydrogen) atoms. The van der Waals surface area contributed by atoms with E-state index in [1.165, 1.54) is 12.1 Å². The molecule has 4 rings (SSSR count). The molecule has 0 radical (unpaired) electrons. The van der Waals surface area contributed by atoms with Crippen LogP contribution in [0.1, 0.15) is 38.2 Å². The Labute approximate surface area is 168 Å². The molecule has 3 aromatic rings. The van der Waals surface area contributed by atoms with Gasteiger partial charge in [-0.15, -0.1) is 0 Å². The molecule has 0 aliphatic heterocycles. The molecule has 2 heterocycles. The van der Waals surface area contributed by atoms with E-state index in [1.807, 2.05) is 11.5 Å². The van der Waals surface area contributed by atoms with Gasteiger partial charge in [0.1, 0.15) is 5.82 Å². The highest BCUT2D eigenvalue weighted by Crippen LogP contribution is 2.25. The molecule has 1 aromatic carbocycles. The van der Waals surface area contributed by atoms with Gasteiger partial charge in [0.05, 0.1) is 6.33 Å². The van der Waals surface area contributed by atoms with E-state index in [0.717, 1.165) is 37.9 Å². The van der Waals surface area contributed by atoms with Crippen molar-refractivity contribution in [2.75, 3.05) is 16.4 Å². The Hall–Kier alpha value is -2.94. The van der Waals surface area contributed by atoms with E-state index in [4.69, 9.17) is 11.5 Å². The Balaban J connectivity index is 1.61. The number of benzene rings is 1. The Bertz CT molecular complexity index is 994. The standard InChI is InChI=1S/C20H27FN8/c1-2-29-11-25-17-18(24-10-12-9-13(21)3-8-16(12)23)27-20(28-19(17)29)26-15-6-4-14(22)5-7-15/h3,8-9,11,14-15H,2,4-7,10,22-23H2,1H3,(H2,24,26,27,28). The summed E-state index contributed by atoms with van der Waals surface area (Å²) in [4.78, 5) is 13.8. The van der Waals surface area contributed by atoms with Crippen molar-refractivity contribution >= 4 is 28.6 Å². The number of fused-ring (bicyclic) bond motifs is 1. The maximum absolute atomic E-state index is 13.6. The van der Waals surface area contributed by atoms with Gasteiger partial charge in [-0.2, -0.15) is 9.97 Å². The van der Waals surface area contributed by atoms with Gasteiger partial charge in [0.25, 0.3) is 0 Å². The van der Waals surface area contributed by atoms with Crippen LogP contribution in [-0.4, -0.2) is 31.6 Å². The Morgan fingerprint density at radius 3 is 2.76 bits per heavy atom. The third-order valence-corrected chi connectivity index (χ3v) is 5.46. The number of anilines is 3. The van der Waals surface area contributed by atoms with E-state index < -0.39 is 0 Å². The lowest BCUT2D eigenvalue weighted by molar-refractivity contribution is 0.410. The molecular formula is C20H27FN8. The summed E-state index contributed by atoms with van der Waals surface area (Å²) >= 11 is 0. The molecule has 8 nitrogen and oxygen atoms in total. The number of hydrogen-bond acceptors (Lipinski definition) is 7. The average molecular weight is 398 g/mol. The van der Waals surface area contributed by atoms with Crippen molar-refractivity contribution < 1.29 is 4.39 Å². The molecule has 0 atom stereocenters. The lowest BCUT2D eigenvalue weighted by atomic mass is 9.92.